The maximum absolute atomic E-state index is 13.3. The first-order valence-corrected chi connectivity index (χ1v) is 9.86. The van der Waals surface area contributed by atoms with E-state index in [2.05, 4.69) is 5.10 Å². The summed E-state index contributed by atoms with van der Waals surface area (Å²) in [6.07, 6.45) is 0. The van der Waals surface area contributed by atoms with Crippen molar-refractivity contribution in [3.63, 3.8) is 0 Å². The molecule has 0 aliphatic heterocycles. The Labute approximate surface area is 175 Å². The summed E-state index contributed by atoms with van der Waals surface area (Å²) in [5.74, 6) is -0.515. The standard InChI is InChI=1S/C23H26N4O3/c1-6-25(5)21(28)20-22(29)26(14-18-10-8-7-9-16(18)3)23(30)27(24-20)19-12-11-15(2)17(4)13-19/h7-13H,6,14H2,1-5H3. The van der Waals surface area contributed by atoms with Gasteiger partial charge in [-0.1, -0.05) is 30.3 Å². The van der Waals surface area contributed by atoms with Gasteiger partial charge in [0.2, 0.25) is 5.69 Å². The zero-order valence-electron chi connectivity index (χ0n) is 18.0. The minimum atomic E-state index is -0.686. The van der Waals surface area contributed by atoms with Gasteiger partial charge < -0.3 is 4.90 Å². The third-order valence-corrected chi connectivity index (χ3v) is 5.41. The van der Waals surface area contributed by atoms with Crippen molar-refractivity contribution in [2.75, 3.05) is 13.6 Å². The first-order chi connectivity index (χ1) is 14.2. The van der Waals surface area contributed by atoms with Crippen LogP contribution in [0.2, 0.25) is 0 Å². The second kappa shape index (κ2) is 8.49. The monoisotopic (exact) mass is 406 g/mol. The van der Waals surface area contributed by atoms with Crippen LogP contribution in [0.15, 0.2) is 52.1 Å². The Morgan fingerprint density at radius 1 is 1.00 bits per heavy atom. The number of carbonyl (C=O) groups excluding carboxylic acids is 1. The van der Waals surface area contributed by atoms with Crippen molar-refractivity contribution in [1.29, 1.82) is 0 Å². The van der Waals surface area contributed by atoms with E-state index >= 15 is 0 Å². The molecule has 2 aromatic carbocycles. The summed E-state index contributed by atoms with van der Waals surface area (Å²) in [4.78, 5) is 40.6. The predicted octanol–water partition coefficient (Wildman–Crippen LogP) is 2.46. The molecule has 156 valence electrons. The normalized spacial score (nSPS) is 10.8. The highest BCUT2D eigenvalue weighted by Gasteiger charge is 2.23. The second-order valence-electron chi connectivity index (χ2n) is 7.45. The average Bonchev–Trinajstić information content (AvgIpc) is 2.73. The van der Waals surface area contributed by atoms with Crippen LogP contribution < -0.4 is 11.2 Å². The van der Waals surface area contributed by atoms with Gasteiger partial charge in [-0.25, -0.2) is 4.79 Å². The Balaban J connectivity index is 2.28. The first kappa shape index (κ1) is 21.2. The van der Waals surface area contributed by atoms with Crippen molar-refractivity contribution in [3.8, 4) is 5.69 Å². The lowest BCUT2D eigenvalue weighted by Crippen LogP contribution is -2.46. The first-order valence-electron chi connectivity index (χ1n) is 9.86. The van der Waals surface area contributed by atoms with Crippen LogP contribution in [0.4, 0.5) is 0 Å². The molecule has 0 unspecified atom stereocenters. The molecule has 0 aliphatic rings. The quantitative estimate of drug-likeness (QED) is 0.652. The van der Waals surface area contributed by atoms with Crippen LogP contribution in [0.25, 0.3) is 5.69 Å². The van der Waals surface area contributed by atoms with Crippen LogP contribution in [-0.2, 0) is 6.54 Å². The van der Waals surface area contributed by atoms with Gasteiger partial charge in [0, 0.05) is 13.6 Å². The van der Waals surface area contributed by atoms with E-state index in [-0.39, 0.29) is 12.2 Å². The number of carbonyl (C=O) groups is 1. The van der Waals surface area contributed by atoms with E-state index in [1.165, 1.54) is 4.90 Å². The average molecular weight is 406 g/mol. The number of nitrogens with zero attached hydrogens (tertiary/aromatic N) is 4. The molecule has 3 rings (SSSR count). The molecule has 0 aliphatic carbocycles. The summed E-state index contributed by atoms with van der Waals surface area (Å²) in [7, 11) is 1.60. The molecule has 0 spiro atoms. The van der Waals surface area contributed by atoms with E-state index in [0.717, 1.165) is 31.5 Å². The van der Waals surface area contributed by atoms with Gasteiger partial charge in [0.25, 0.3) is 11.5 Å². The number of amides is 1. The Hall–Kier alpha value is -3.48. The van der Waals surface area contributed by atoms with Gasteiger partial charge in [0.1, 0.15) is 0 Å². The van der Waals surface area contributed by atoms with E-state index in [9.17, 15) is 14.4 Å². The second-order valence-corrected chi connectivity index (χ2v) is 7.45. The van der Waals surface area contributed by atoms with Gasteiger partial charge in [-0.3, -0.25) is 14.2 Å². The SMILES string of the molecule is CCN(C)C(=O)c1nn(-c2ccc(C)c(C)c2)c(=O)n(Cc2ccccc2C)c1=O. The van der Waals surface area contributed by atoms with Gasteiger partial charge in [0.15, 0.2) is 0 Å². The number of aromatic nitrogens is 3. The third-order valence-electron chi connectivity index (χ3n) is 5.41. The van der Waals surface area contributed by atoms with Crippen molar-refractivity contribution < 1.29 is 4.79 Å². The van der Waals surface area contributed by atoms with Crippen LogP contribution in [-0.4, -0.2) is 38.7 Å². The van der Waals surface area contributed by atoms with Crippen LogP contribution in [0, 0.1) is 20.8 Å². The number of hydrogen-bond acceptors (Lipinski definition) is 4. The molecule has 3 aromatic rings. The fraction of sp³-hybridized carbons (Fsp3) is 0.304. The van der Waals surface area contributed by atoms with E-state index in [0.29, 0.717) is 12.2 Å². The third kappa shape index (κ3) is 3.96. The maximum Gasteiger partial charge on any atom is 0.352 e. The van der Waals surface area contributed by atoms with E-state index in [1.807, 2.05) is 64.1 Å². The fourth-order valence-corrected chi connectivity index (χ4v) is 3.10. The van der Waals surface area contributed by atoms with Gasteiger partial charge in [-0.15, -0.1) is 0 Å². The largest absolute Gasteiger partial charge is 0.352 e. The number of benzene rings is 2. The van der Waals surface area contributed by atoms with Crippen LogP contribution >= 0.6 is 0 Å². The van der Waals surface area contributed by atoms with Gasteiger partial charge in [-0.05, 0) is 62.1 Å². The summed E-state index contributed by atoms with van der Waals surface area (Å²) in [5, 5.41) is 4.19. The van der Waals surface area contributed by atoms with Gasteiger partial charge >= 0.3 is 5.69 Å². The maximum atomic E-state index is 13.3. The summed E-state index contributed by atoms with van der Waals surface area (Å²) in [6.45, 7) is 8.11. The number of aryl methyl sites for hydroxylation is 3. The molecular formula is C23H26N4O3. The summed E-state index contributed by atoms with van der Waals surface area (Å²) in [6, 6.07) is 13.0. The van der Waals surface area contributed by atoms with E-state index < -0.39 is 17.2 Å². The number of hydrogen-bond donors (Lipinski definition) is 0. The number of rotatable bonds is 5. The highest BCUT2D eigenvalue weighted by Crippen LogP contribution is 2.12. The van der Waals surface area contributed by atoms with Crippen molar-refractivity contribution in [1.82, 2.24) is 19.2 Å². The minimum absolute atomic E-state index is 0.0633. The molecule has 0 radical (unpaired) electrons. The molecule has 1 aromatic heterocycles. The molecule has 0 saturated heterocycles. The lowest BCUT2D eigenvalue weighted by atomic mass is 10.1. The predicted molar refractivity (Wildman–Crippen MR) is 116 cm³/mol. The molecular weight excluding hydrogens is 380 g/mol. The zero-order valence-corrected chi connectivity index (χ0v) is 18.0. The summed E-state index contributed by atoms with van der Waals surface area (Å²) >= 11 is 0. The van der Waals surface area contributed by atoms with Gasteiger partial charge in [-0.2, -0.15) is 9.78 Å². The summed E-state index contributed by atoms with van der Waals surface area (Å²) < 4.78 is 2.23. The topological polar surface area (TPSA) is 77.2 Å². The Bertz CT molecular complexity index is 1220. The van der Waals surface area contributed by atoms with Crippen molar-refractivity contribution in [2.45, 2.75) is 34.2 Å². The highest BCUT2D eigenvalue weighted by molar-refractivity contribution is 5.91. The Morgan fingerprint density at radius 2 is 1.70 bits per heavy atom. The van der Waals surface area contributed by atoms with E-state index in [1.54, 1.807) is 13.1 Å². The molecule has 0 saturated carbocycles. The highest BCUT2D eigenvalue weighted by atomic mass is 16.2. The van der Waals surface area contributed by atoms with Crippen molar-refractivity contribution >= 4 is 5.91 Å². The summed E-state index contributed by atoms with van der Waals surface area (Å²) in [5.41, 5.74) is 2.81. The molecule has 0 N–H and O–H groups in total. The smallest absolute Gasteiger partial charge is 0.340 e. The molecule has 0 fully saturated rings. The van der Waals surface area contributed by atoms with Crippen LogP contribution in [0.5, 0.6) is 0 Å². The lowest BCUT2D eigenvalue weighted by Gasteiger charge is -2.17. The molecule has 7 heteroatoms. The minimum Gasteiger partial charge on any atom is -0.340 e. The molecule has 30 heavy (non-hydrogen) atoms. The van der Waals surface area contributed by atoms with Crippen molar-refractivity contribution in [3.05, 3.63) is 91.3 Å². The molecule has 0 bridgehead atoms. The Kier molecular flexibility index (Phi) is 6.01. The molecule has 1 amide bonds. The van der Waals surface area contributed by atoms with Crippen LogP contribution in [0.1, 0.15) is 39.7 Å². The van der Waals surface area contributed by atoms with Crippen LogP contribution in [0.3, 0.4) is 0 Å². The molecule has 1 heterocycles. The molecule has 7 nitrogen and oxygen atoms in total. The van der Waals surface area contributed by atoms with E-state index in [4.69, 9.17) is 0 Å². The zero-order chi connectivity index (χ0) is 22.0. The van der Waals surface area contributed by atoms with Gasteiger partial charge in [0.05, 0.1) is 12.2 Å². The lowest BCUT2D eigenvalue weighted by molar-refractivity contribution is 0.0791. The van der Waals surface area contributed by atoms with Crippen molar-refractivity contribution in [2.24, 2.45) is 0 Å². The molecule has 0 atom stereocenters. The fourth-order valence-electron chi connectivity index (χ4n) is 3.10. The Morgan fingerprint density at radius 3 is 2.33 bits per heavy atom.